The van der Waals surface area contributed by atoms with Crippen LogP contribution in [0.15, 0.2) is 30.7 Å². The molecular formula is C10H9N5. The van der Waals surface area contributed by atoms with Gasteiger partial charge in [0.15, 0.2) is 0 Å². The number of nitriles is 1. The molecule has 0 amide bonds. The van der Waals surface area contributed by atoms with Crippen molar-refractivity contribution in [2.45, 2.75) is 0 Å². The van der Waals surface area contributed by atoms with Gasteiger partial charge in [0.05, 0.1) is 6.07 Å². The number of nitrogens with zero attached hydrogens (tertiary/aromatic N) is 3. The molecule has 0 aliphatic heterocycles. The Kier molecular flexibility index (Phi) is 2.61. The van der Waals surface area contributed by atoms with Gasteiger partial charge in [-0.25, -0.2) is 9.97 Å². The quantitative estimate of drug-likeness (QED) is 0.732. The molecule has 0 spiro atoms. The number of aromatic nitrogens is 3. The lowest BCUT2D eigenvalue weighted by atomic mass is 10.2. The van der Waals surface area contributed by atoms with Crippen molar-refractivity contribution in [3.05, 3.63) is 30.7 Å². The fourth-order valence-corrected chi connectivity index (χ4v) is 1.19. The maximum absolute atomic E-state index is 8.36. The molecule has 0 fully saturated rings. The molecule has 74 valence electrons. The van der Waals surface area contributed by atoms with Gasteiger partial charge in [-0.3, -0.25) is 0 Å². The molecule has 2 aromatic rings. The van der Waals surface area contributed by atoms with Gasteiger partial charge in [-0.2, -0.15) is 5.26 Å². The standard InChI is InChI=1S/C10H9N5/c11-3-5-13-10-14-6-8(7-15-10)9-2-1-4-12-9/h1-2,4,6-7,12H,5H2,(H,13,14,15). The lowest BCUT2D eigenvalue weighted by Gasteiger charge is -2.00. The normalized spacial score (nSPS) is 9.53. The summed E-state index contributed by atoms with van der Waals surface area (Å²) in [7, 11) is 0. The number of aromatic amines is 1. The minimum Gasteiger partial charge on any atom is -0.361 e. The molecule has 0 atom stereocenters. The van der Waals surface area contributed by atoms with Crippen LogP contribution >= 0.6 is 0 Å². The van der Waals surface area contributed by atoms with Crippen LogP contribution in [-0.2, 0) is 0 Å². The highest BCUT2D eigenvalue weighted by atomic mass is 15.1. The van der Waals surface area contributed by atoms with Gasteiger partial charge in [0.25, 0.3) is 0 Å². The molecule has 0 aliphatic rings. The summed E-state index contributed by atoms with van der Waals surface area (Å²) >= 11 is 0. The van der Waals surface area contributed by atoms with Gasteiger partial charge in [-0.1, -0.05) is 0 Å². The third kappa shape index (κ3) is 2.11. The lowest BCUT2D eigenvalue weighted by Crippen LogP contribution is -2.02. The first kappa shape index (κ1) is 9.21. The fourth-order valence-electron chi connectivity index (χ4n) is 1.19. The van der Waals surface area contributed by atoms with E-state index in [9.17, 15) is 0 Å². The van der Waals surface area contributed by atoms with Crippen LogP contribution < -0.4 is 5.32 Å². The molecule has 0 saturated heterocycles. The van der Waals surface area contributed by atoms with Crippen LogP contribution in [0.3, 0.4) is 0 Å². The average molecular weight is 199 g/mol. The van der Waals surface area contributed by atoms with Crippen LogP contribution in [0.4, 0.5) is 5.95 Å². The number of rotatable bonds is 3. The molecular weight excluding hydrogens is 190 g/mol. The summed E-state index contributed by atoms with van der Waals surface area (Å²) < 4.78 is 0. The SMILES string of the molecule is N#CCNc1ncc(-c2ccc[nH]2)cn1. The second-order valence-corrected chi connectivity index (χ2v) is 2.89. The summed E-state index contributed by atoms with van der Waals surface area (Å²) in [6, 6.07) is 5.82. The van der Waals surface area contributed by atoms with E-state index < -0.39 is 0 Å². The van der Waals surface area contributed by atoms with E-state index in [1.807, 2.05) is 24.4 Å². The van der Waals surface area contributed by atoms with E-state index in [1.54, 1.807) is 12.4 Å². The molecule has 2 heterocycles. The topological polar surface area (TPSA) is 77.4 Å². The number of H-pyrrole nitrogens is 1. The molecule has 2 aromatic heterocycles. The predicted octanol–water partition coefficient (Wildman–Crippen LogP) is 1.41. The van der Waals surface area contributed by atoms with Gasteiger partial charge in [0.1, 0.15) is 6.54 Å². The van der Waals surface area contributed by atoms with Crippen LogP contribution in [-0.4, -0.2) is 21.5 Å². The fraction of sp³-hybridized carbons (Fsp3) is 0.100. The van der Waals surface area contributed by atoms with Crippen molar-refractivity contribution in [1.29, 1.82) is 5.26 Å². The molecule has 15 heavy (non-hydrogen) atoms. The Morgan fingerprint density at radius 2 is 2.20 bits per heavy atom. The van der Waals surface area contributed by atoms with E-state index in [4.69, 9.17) is 5.26 Å². The first-order valence-corrected chi connectivity index (χ1v) is 4.47. The highest BCUT2D eigenvalue weighted by molar-refractivity contribution is 5.57. The Morgan fingerprint density at radius 3 is 2.80 bits per heavy atom. The van der Waals surface area contributed by atoms with E-state index in [-0.39, 0.29) is 6.54 Å². The molecule has 2 N–H and O–H groups in total. The smallest absolute Gasteiger partial charge is 0.223 e. The summed E-state index contributed by atoms with van der Waals surface area (Å²) in [6.45, 7) is 0.210. The minimum atomic E-state index is 0.210. The van der Waals surface area contributed by atoms with Crippen LogP contribution in [0.25, 0.3) is 11.3 Å². The third-order valence-corrected chi connectivity index (χ3v) is 1.89. The highest BCUT2D eigenvalue weighted by Gasteiger charge is 1.99. The number of hydrogen-bond donors (Lipinski definition) is 2. The summed E-state index contributed by atoms with van der Waals surface area (Å²) in [5, 5.41) is 11.1. The van der Waals surface area contributed by atoms with Crippen molar-refractivity contribution in [2.75, 3.05) is 11.9 Å². The molecule has 2 rings (SSSR count). The van der Waals surface area contributed by atoms with Crippen LogP contribution in [0.1, 0.15) is 0 Å². The number of anilines is 1. The Labute approximate surface area is 86.8 Å². The van der Waals surface area contributed by atoms with Gasteiger partial charge in [-0.15, -0.1) is 0 Å². The van der Waals surface area contributed by atoms with E-state index >= 15 is 0 Å². The molecule has 5 nitrogen and oxygen atoms in total. The third-order valence-electron chi connectivity index (χ3n) is 1.89. The Hall–Kier alpha value is -2.35. The van der Waals surface area contributed by atoms with Gasteiger partial charge in [-0.05, 0) is 12.1 Å². The van der Waals surface area contributed by atoms with E-state index in [0.29, 0.717) is 5.95 Å². The van der Waals surface area contributed by atoms with Crippen molar-refractivity contribution in [3.8, 4) is 17.3 Å². The van der Waals surface area contributed by atoms with Crippen LogP contribution in [0.2, 0.25) is 0 Å². The van der Waals surface area contributed by atoms with Gasteiger partial charge < -0.3 is 10.3 Å². The molecule has 0 unspecified atom stereocenters. The minimum absolute atomic E-state index is 0.210. The number of nitrogens with one attached hydrogen (secondary N) is 2. The number of hydrogen-bond acceptors (Lipinski definition) is 4. The van der Waals surface area contributed by atoms with Gasteiger partial charge in [0, 0.05) is 29.8 Å². The van der Waals surface area contributed by atoms with E-state index in [2.05, 4.69) is 20.3 Å². The van der Waals surface area contributed by atoms with Crippen molar-refractivity contribution in [2.24, 2.45) is 0 Å². The van der Waals surface area contributed by atoms with Gasteiger partial charge in [0.2, 0.25) is 5.95 Å². The zero-order chi connectivity index (χ0) is 10.5. The van der Waals surface area contributed by atoms with Crippen LogP contribution in [0, 0.1) is 11.3 Å². The van der Waals surface area contributed by atoms with Crippen molar-refractivity contribution < 1.29 is 0 Å². The van der Waals surface area contributed by atoms with E-state index in [1.165, 1.54) is 0 Å². The summed E-state index contributed by atoms with van der Waals surface area (Å²) in [4.78, 5) is 11.2. The molecule has 0 bridgehead atoms. The van der Waals surface area contributed by atoms with Gasteiger partial charge >= 0.3 is 0 Å². The molecule has 0 aromatic carbocycles. The van der Waals surface area contributed by atoms with E-state index in [0.717, 1.165) is 11.3 Å². The average Bonchev–Trinajstić information content (AvgIpc) is 2.80. The monoisotopic (exact) mass is 199 g/mol. The predicted molar refractivity (Wildman–Crippen MR) is 55.9 cm³/mol. The maximum Gasteiger partial charge on any atom is 0.223 e. The summed E-state index contributed by atoms with van der Waals surface area (Å²) in [5.41, 5.74) is 1.89. The second-order valence-electron chi connectivity index (χ2n) is 2.89. The second kappa shape index (κ2) is 4.24. The summed E-state index contributed by atoms with van der Waals surface area (Å²) in [5.74, 6) is 0.465. The molecule has 0 radical (unpaired) electrons. The molecule has 0 aliphatic carbocycles. The highest BCUT2D eigenvalue weighted by Crippen LogP contribution is 2.14. The zero-order valence-electron chi connectivity index (χ0n) is 7.94. The largest absolute Gasteiger partial charge is 0.361 e. The maximum atomic E-state index is 8.36. The van der Waals surface area contributed by atoms with Crippen molar-refractivity contribution >= 4 is 5.95 Å². The van der Waals surface area contributed by atoms with Crippen molar-refractivity contribution in [3.63, 3.8) is 0 Å². The first-order valence-electron chi connectivity index (χ1n) is 4.47. The Morgan fingerprint density at radius 1 is 1.40 bits per heavy atom. The Balaban J connectivity index is 2.15. The first-order chi connectivity index (χ1) is 7.40. The summed E-state index contributed by atoms with van der Waals surface area (Å²) in [6.07, 6.45) is 5.26. The molecule has 0 saturated carbocycles. The molecule has 5 heteroatoms. The zero-order valence-corrected chi connectivity index (χ0v) is 7.94. The Bertz CT molecular complexity index is 452. The van der Waals surface area contributed by atoms with Crippen LogP contribution in [0.5, 0.6) is 0 Å². The lowest BCUT2D eigenvalue weighted by molar-refractivity contribution is 1.12. The van der Waals surface area contributed by atoms with Crippen molar-refractivity contribution in [1.82, 2.24) is 15.0 Å².